The highest BCUT2D eigenvalue weighted by Crippen LogP contribution is 2.09. The zero-order chi connectivity index (χ0) is 12.8. The van der Waals surface area contributed by atoms with E-state index in [2.05, 4.69) is 10.2 Å². The predicted molar refractivity (Wildman–Crippen MR) is 71.7 cm³/mol. The number of carbonyl (C=O) groups excluding carboxylic acids is 1. The van der Waals surface area contributed by atoms with Crippen molar-refractivity contribution in [1.29, 1.82) is 0 Å². The average Bonchev–Trinajstić information content (AvgIpc) is 2.40. The molecule has 1 heterocycles. The maximum absolute atomic E-state index is 11.8. The number of rotatable bonds is 4. The Balaban J connectivity index is 0.00000180. The third kappa shape index (κ3) is 5.59. The van der Waals surface area contributed by atoms with Crippen molar-refractivity contribution in [2.24, 2.45) is 0 Å². The molecule has 0 atom stereocenters. The largest absolute Gasteiger partial charge is 1.00 e. The van der Waals surface area contributed by atoms with Crippen LogP contribution in [0.5, 0.6) is 0 Å². The van der Waals surface area contributed by atoms with Crippen molar-refractivity contribution < 1.29 is 21.9 Å². The van der Waals surface area contributed by atoms with Crippen LogP contribution in [0.3, 0.4) is 0 Å². The minimum Gasteiger partial charge on any atom is -1.00 e. The Labute approximate surface area is 120 Å². The first-order valence-corrected chi connectivity index (χ1v) is 6.41. The highest BCUT2D eigenvalue weighted by Gasteiger charge is 2.11. The maximum atomic E-state index is 11.8. The Kier molecular flexibility index (Phi) is 6.84. The average molecular weight is 284 g/mol. The van der Waals surface area contributed by atoms with E-state index in [-0.39, 0.29) is 18.3 Å². The molecule has 1 fully saturated rings. The van der Waals surface area contributed by atoms with Gasteiger partial charge < -0.3 is 22.5 Å². The van der Waals surface area contributed by atoms with Gasteiger partial charge in [-0.3, -0.25) is 9.69 Å². The van der Waals surface area contributed by atoms with Gasteiger partial charge in [-0.05, 0) is 19.1 Å². The summed E-state index contributed by atoms with van der Waals surface area (Å²) in [4.78, 5) is 14.0. The Morgan fingerprint density at radius 3 is 2.53 bits per heavy atom. The summed E-state index contributed by atoms with van der Waals surface area (Å²) in [6, 6.07) is 7.86. The van der Waals surface area contributed by atoms with Crippen molar-refractivity contribution in [1.82, 2.24) is 4.90 Å². The lowest BCUT2D eigenvalue weighted by atomic mass is 10.2. The standard InChI is InChI=1S/C14H20N2O2.ClH/c1-12-2-4-13(5-3-12)15-14(17)6-7-16-8-10-18-11-9-16;/h2-5H,6-11H2,1H3,(H,15,17);1H/p-1. The molecule has 106 valence electrons. The molecule has 4 nitrogen and oxygen atoms in total. The van der Waals surface area contributed by atoms with Gasteiger partial charge in [-0.2, -0.15) is 0 Å². The zero-order valence-corrected chi connectivity index (χ0v) is 11.9. The van der Waals surface area contributed by atoms with Crippen LogP contribution >= 0.6 is 0 Å². The highest BCUT2D eigenvalue weighted by atomic mass is 35.5. The van der Waals surface area contributed by atoms with Gasteiger partial charge in [0.15, 0.2) is 0 Å². The van der Waals surface area contributed by atoms with Crippen LogP contribution in [0.25, 0.3) is 0 Å². The number of aryl methyl sites for hydroxylation is 1. The molecule has 0 unspecified atom stereocenters. The molecule has 2 rings (SSSR count). The summed E-state index contributed by atoms with van der Waals surface area (Å²) in [6.07, 6.45) is 0.536. The monoisotopic (exact) mass is 283 g/mol. The molecule has 1 aliphatic rings. The lowest BCUT2D eigenvalue weighted by Crippen LogP contribution is -3.00. The van der Waals surface area contributed by atoms with E-state index in [4.69, 9.17) is 4.74 Å². The number of halogens is 1. The summed E-state index contributed by atoms with van der Waals surface area (Å²) >= 11 is 0. The van der Waals surface area contributed by atoms with Gasteiger partial charge in [0, 0.05) is 31.7 Å². The number of hydrogen-bond acceptors (Lipinski definition) is 3. The lowest BCUT2D eigenvalue weighted by molar-refractivity contribution is -0.116. The zero-order valence-electron chi connectivity index (χ0n) is 11.2. The molecular weight excluding hydrogens is 264 g/mol. The molecule has 1 aliphatic heterocycles. The van der Waals surface area contributed by atoms with E-state index >= 15 is 0 Å². The summed E-state index contributed by atoms with van der Waals surface area (Å²) < 4.78 is 5.27. The number of benzene rings is 1. The highest BCUT2D eigenvalue weighted by molar-refractivity contribution is 5.90. The normalized spacial score (nSPS) is 15.6. The summed E-state index contributed by atoms with van der Waals surface area (Å²) in [7, 11) is 0. The molecule has 0 bridgehead atoms. The molecule has 19 heavy (non-hydrogen) atoms. The predicted octanol–water partition coefficient (Wildman–Crippen LogP) is -1.34. The number of amides is 1. The minimum atomic E-state index is 0. The smallest absolute Gasteiger partial charge is 0.225 e. The fourth-order valence-corrected chi connectivity index (χ4v) is 1.94. The molecule has 0 spiro atoms. The Hall–Kier alpha value is -1.10. The third-order valence-corrected chi connectivity index (χ3v) is 3.09. The van der Waals surface area contributed by atoms with Crippen LogP contribution in [0.1, 0.15) is 12.0 Å². The van der Waals surface area contributed by atoms with Crippen molar-refractivity contribution >= 4 is 11.6 Å². The molecular formula is C14H20ClN2O2-. The molecule has 0 radical (unpaired) electrons. The number of nitrogens with one attached hydrogen (secondary N) is 1. The number of anilines is 1. The second-order valence-corrected chi connectivity index (χ2v) is 4.62. The van der Waals surface area contributed by atoms with E-state index in [1.807, 2.05) is 31.2 Å². The number of ether oxygens (including phenoxy) is 1. The van der Waals surface area contributed by atoms with Gasteiger partial charge >= 0.3 is 0 Å². The summed E-state index contributed by atoms with van der Waals surface area (Å²) in [5.41, 5.74) is 2.06. The van der Waals surface area contributed by atoms with Crippen molar-refractivity contribution in [2.75, 3.05) is 38.2 Å². The van der Waals surface area contributed by atoms with Crippen LogP contribution in [0, 0.1) is 6.92 Å². The second kappa shape index (κ2) is 8.15. The van der Waals surface area contributed by atoms with Crippen molar-refractivity contribution in [3.05, 3.63) is 29.8 Å². The van der Waals surface area contributed by atoms with Gasteiger partial charge in [0.1, 0.15) is 0 Å². The fourth-order valence-electron chi connectivity index (χ4n) is 1.94. The molecule has 0 aromatic heterocycles. The summed E-state index contributed by atoms with van der Waals surface area (Å²) in [6.45, 7) is 6.25. The molecule has 1 saturated heterocycles. The Bertz CT molecular complexity index is 389. The van der Waals surface area contributed by atoms with Crippen LogP contribution in [-0.4, -0.2) is 43.7 Å². The van der Waals surface area contributed by atoms with E-state index in [1.54, 1.807) is 0 Å². The fraction of sp³-hybridized carbons (Fsp3) is 0.500. The van der Waals surface area contributed by atoms with Crippen LogP contribution < -0.4 is 17.7 Å². The van der Waals surface area contributed by atoms with Crippen LogP contribution in [0.2, 0.25) is 0 Å². The molecule has 1 amide bonds. The maximum Gasteiger partial charge on any atom is 0.225 e. The first-order valence-electron chi connectivity index (χ1n) is 6.41. The molecule has 0 aliphatic carbocycles. The van der Waals surface area contributed by atoms with Gasteiger partial charge in [0.2, 0.25) is 5.91 Å². The van der Waals surface area contributed by atoms with Gasteiger partial charge in [0.25, 0.3) is 0 Å². The number of nitrogens with zero attached hydrogens (tertiary/aromatic N) is 1. The molecule has 1 N–H and O–H groups in total. The van der Waals surface area contributed by atoms with E-state index in [0.717, 1.165) is 38.5 Å². The topological polar surface area (TPSA) is 41.6 Å². The third-order valence-electron chi connectivity index (χ3n) is 3.09. The first-order chi connectivity index (χ1) is 8.74. The minimum absolute atomic E-state index is 0. The SMILES string of the molecule is Cc1ccc(NC(=O)CCN2CCOCC2)cc1.[Cl-]. The second-order valence-electron chi connectivity index (χ2n) is 4.62. The van der Waals surface area contributed by atoms with Crippen molar-refractivity contribution in [2.45, 2.75) is 13.3 Å². The van der Waals surface area contributed by atoms with E-state index in [1.165, 1.54) is 5.56 Å². The molecule has 1 aromatic carbocycles. The Morgan fingerprint density at radius 2 is 1.89 bits per heavy atom. The van der Waals surface area contributed by atoms with E-state index in [0.29, 0.717) is 6.42 Å². The summed E-state index contributed by atoms with van der Waals surface area (Å²) in [5.74, 6) is 0.0744. The van der Waals surface area contributed by atoms with Crippen molar-refractivity contribution in [3.8, 4) is 0 Å². The van der Waals surface area contributed by atoms with Gasteiger partial charge in [-0.25, -0.2) is 0 Å². The molecule has 0 saturated carbocycles. The number of carbonyl (C=O) groups is 1. The van der Waals surface area contributed by atoms with Crippen molar-refractivity contribution in [3.63, 3.8) is 0 Å². The van der Waals surface area contributed by atoms with Crippen LogP contribution in [-0.2, 0) is 9.53 Å². The van der Waals surface area contributed by atoms with Gasteiger partial charge in [0.05, 0.1) is 13.2 Å². The molecule has 1 aromatic rings. The Morgan fingerprint density at radius 1 is 1.26 bits per heavy atom. The summed E-state index contributed by atoms with van der Waals surface area (Å²) in [5, 5.41) is 2.91. The molecule has 5 heteroatoms. The van der Waals surface area contributed by atoms with E-state index < -0.39 is 0 Å². The van der Waals surface area contributed by atoms with Gasteiger partial charge in [-0.15, -0.1) is 0 Å². The van der Waals surface area contributed by atoms with E-state index in [9.17, 15) is 4.79 Å². The quantitative estimate of drug-likeness (QED) is 0.744. The van der Waals surface area contributed by atoms with Crippen LogP contribution in [0.4, 0.5) is 5.69 Å². The first kappa shape index (κ1) is 16.0. The van der Waals surface area contributed by atoms with Crippen LogP contribution in [0.15, 0.2) is 24.3 Å². The number of hydrogen-bond donors (Lipinski definition) is 1. The number of morpholine rings is 1. The van der Waals surface area contributed by atoms with Gasteiger partial charge in [-0.1, -0.05) is 17.7 Å². The lowest BCUT2D eigenvalue weighted by Gasteiger charge is -2.26.